The Morgan fingerprint density at radius 2 is 1.94 bits per heavy atom. The van der Waals surface area contributed by atoms with Gasteiger partial charge in [-0.05, 0) is 19.4 Å². The third-order valence-electron chi connectivity index (χ3n) is 5.82. The van der Waals surface area contributed by atoms with Gasteiger partial charge in [0, 0.05) is 38.8 Å². The molecule has 3 heterocycles. The van der Waals surface area contributed by atoms with E-state index in [9.17, 15) is 18.0 Å². The maximum absolute atomic E-state index is 13.9. The molecule has 4 rings (SSSR count). The van der Waals surface area contributed by atoms with Crippen LogP contribution in [0.15, 0.2) is 36.7 Å². The zero-order chi connectivity index (χ0) is 23.2. The minimum absolute atomic E-state index is 0.0870. The van der Waals surface area contributed by atoms with Crippen molar-refractivity contribution in [3.8, 4) is 0 Å². The molecule has 1 amide bonds. The maximum Gasteiger partial charge on any atom is 0.410 e. The van der Waals surface area contributed by atoms with E-state index in [0.29, 0.717) is 0 Å². The Kier molecular flexibility index (Phi) is 5.47. The Hall–Kier alpha value is -3.30. The number of benzene rings is 1. The molecule has 1 aliphatic heterocycles. The van der Waals surface area contributed by atoms with E-state index >= 15 is 0 Å². The first-order chi connectivity index (χ1) is 15.0. The average Bonchev–Trinajstić information content (AvgIpc) is 3.28. The summed E-state index contributed by atoms with van der Waals surface area (Å²) < 4.78 is 44.2. The monoisotopic (exact) mass is 446 g/mol. The van der Waals surface area contributed by atoms with Crippen LogP contribution in [0.1, 0.15) is 51.2 Å². The molecule has 7 nitrogen and oxygen atoms in total. The van der Waals surface area contributed by atoms with Crippen LogP contribution in [0, 0.1) is 13.8 Å². The summed E-state index contributed by atoms with van der Waals surface area (Å²) in [6.45, 7) is 4.05. The van der Waals surface area contributed by atoms with Crippen molar-refractivity contribution in [3.05, 3.63) is 64.6 Å². The Morgan fingerprint density at radius 1 is 1.25 bits per heavy atom. The first-order valence-electron chi connectivity index (χ1n) is 10.3. The lowest BCUT2D eigenvalue weighted by molar-refractivity contribution is -0.173. The highest BCUT2D eigenvalue weighted by Crippen LogP contribution is 2.44. The largest absolute Gasteiger partial charge is 0.410 e. The highest BCUT2D eigenvalue weighted by atomic mass is 19.4. The van der Waals surface area contributed by atoms with Gasteiger partial charge in [-0.15, -0.1) is 0 Å². The third kappa shape index (κ3) is 4.09. The van der Waals surface area contributed by atoms with Crippen molar-refractivity contribution in [2.24, 2.45) is 7.05 Å². The molecule has 0 spiro atoms. The highest BCUT2D eigenvalue weighted by molar-refractivity contribution is 5.98. The van der Waals surface area contributed by atoms with Crippen molar-refractivity contribution in [3.63, 3.8) is 0 Å². The van der Waals surface area contributed by atoms with Crippen molar-refractivity contribution in [1.82, 2.24) is 24.5 Å². The fourth-order valence-corrected chi connectivity index (χ4v) is 4.07. The molecular formula is C22H25F3N6O. The second-order valence-electron chi connectivity index (χ2n) is 8.33. The van der Waals surface area contributed by atoms with Crippen molar-refractivity contribution >= 4 is 11.7 Å². The molecule has 2 unspecified atom stereocenters. The number of alkyl halides is 3. The van der Waals surface area contributed by atoms with Gasteiger partial charge in [-0.3, -0.25) is 9.48 Å². The van der Waals surface area contributed by atoms with Gasteiger partial charge in [0.25, 0.3) is 5.91 Å². The summed E-state index contributed by atoms with van der Waals surface area (Å²) in [6.07, 6.45) is -1.67. The highest BCUT2D eigenvalue weighted by Gasteiger charge is 2.47. The number of hydrogen-bond acceptors (Lipinski definition) is 4. The second kappa shape index (κ2) is 7.99. The summed E-state index contributed by atoms with van der Waals surface area (Å²) in [6, 6.07) is 4.93. The lowest BCUT2D eigenvalue weighted by Gasteiger charge is -2.34. The summed E-state index contributed by atoms with van der Waals surface area (Å²) >= 11 is 0. The van der Waals surface area contributed by atoms with E-state index in [1.54, 1.807) is 18.8 Å². The molecule has 0 aliphatic carbocycles. The van der Waals surface area contributed by atoms with Crippen molar-refractivity contribution in [1.29, 1.82) is 0 Å². The Labute approximate surface area is 183 Å². The number of carbonyl (C=O) groups excluding carboxylic acids is 1. The van der Waals surface area contributed by atoms with Crippen LogP contribution < -0.4 is 5.32 Å². The fourth-order valence-electron chi connectivity index (χ4n) is 4.07. The van der Waals surface area contributed by atoms with Crippen LogP contribution in [-0.2, 0) is 13.6 Å². The molecule has 2 aromatic heterocycles. The van der Waals surface area contributed by atoms with Crippen LogP contribution in [0.3, 0.4) is 0 Å². The molecule has 1 N–H and O–H groups in total. The van der Waals surface area contributed by atoms with Gasteiger partial charge in [0.2, 0.25) is 0 Å². The molecule has 0 radical (unpaired) electrons. The molecule has 32 heavy (non-hydrogen) atoms. The molecule has 1 aromatic carbocycles. The minimum atomic E-state index is -4.50. The van der Waals surface area contributed by atoms with Gasteiger partial charge in [0.15, 0.2) is 6.04 Å². The van der Waals surface area contributed by atoms with Crippen LogP contribution in [0.4, 0.5) is 19.0 Å². The summed E-state index contributed by atoms with van der Waals surface area (Å²) in [5.74, 6) is -0.323. The number of rotatable bonds is 4. The van der Waals surface area contributed by atoms with Crippen LogP contribution in [0.2, 0.25) is 0 Å². The van der Waals surface area contributed by atoms with Crippen LogP contribution >= 0.6 is 0 Å². The summed E-state index contributed by atoms with van der Waals surface area (Å²) in [5, 5.41) is 11.4. The summed E-state index contributed by atoms with van der Waals surface area (Å²) in [4.78, 5) is 14.6. The lowest BCUT2D eigenvalue weighted by atomic mass is 9.96. The number of anilines is 1. The maximum atomic E-state index is 13.9. The Balaban J connectivity index is 1.66. The molecule has 0 bridgehead atoms. The molecule has 0 saturated carbocycles. The summed E-state index contributed by atoms with van der Waals surface area (Å²) in [5.41, 5.74) is 3.52. The zero-order valence-corrected chi connectivity index (χ0v) is 18.3. The minimum Gasteiger partial charge on any atom is -0.363 e. The van der Waals surface area contributed by atoms with Crippen LogP contribution in [0.5, 0.6) is 0 Å². The number of aromatic nitrogens is 4. The number of halogens is 3. The topological polar surface area (TPSA) is 68.0 Å². The number of hydrogen-bond donors (Lipinski definition) is 1. The van der Waals surface area contributed by atoms with E-state index < -0.39 is 24.2 Å². The molecule has 2 atom stereocenters. The first kappa shape index (κ1) is 21.9. The number of amides is 1. The summed E-state index contributed by atoms with van der Waals surface area (Å²) in [7, 11) is 3.40. The van der Waals surface area contributed by atoms with Gasteiger partial charge in [-0.2, -0.15) is 23.4 Å². The Bertz CT molecular complexity index is 1130. The first-order valence-corrected chi connectivity index (χ1v) is 10.3. The van der Waals surface area contributed by atoms with Gasteiger partial charge < -0.3 is 10.2 Å². The molecule has 0 fully saturated rings. The van der Waals surface area contributed by atoms with Crippen molar-refractivity contribution in [2.45, 2.75) is 45.1 Å². The van der Waals surface area contributed by atoms with Gasteiger partial charge >= 0.3 is 6.18 Å². The average molecular weight is 446 g/mol. The number of nitrogens with one attached hydrogen (secondary N) is 1. The molecule has 3 aromatic rings. The molecule has 10 heteroatoms. The SMILES string of the molecule is Cc1ccc(C2CC(C(F)(F)F)n3ncc(C(=O)N(C)Cc4cn(C)nc4C)c3N2)cc1. The molecular weight excluding hydrogens is 421 g/mol. The number of nitrogens with zero attached hydrogens (tertiary/aromatic N) is 5. The lowest BCUT2D eigenvalue weighted by Crippen LogP contribution is -2.36. The smallest absolute Gasteiger partial charge is 0.363 e. The van der Waals surface area contributed by atoms with Crippen LogP contribution in [-0.4, -0.2) is 43.6 Å². The Morgan fingerprint density at radius 3 is 2.53 bits per heavy atom. The van der Waals surface area contributed by atoms with Gasteiger partial charge in [0.05, 0.1) is 17.9 Å². The van der Waals surface area contributed by atoms with E-state index in [1.165, 1.54) is 11.1 Å². The van der Waals surface area contributed by atoms with E-state index in [0.717, 1.165) is 27.1 Å². The van der Waals surface area contributed by atoms with Gasteiger partial charge in [-0.1, -0.05) is 29.8 Å². The van der Waals surface area contributed by atoms with Gasteiger partial charge in [-0.25, -0.2) is 4.68 Å². The number of aryl methyl sites for hydroxylation is 3. The van der Waals surface area contributed by atoms with Crippen molar-refractivity contribution < 1.29 is 18.0 Å². The van der Waals surface area contributed by atoms with E-state index in [-0.39, 0.29) is 24.3 Å². The quantitative estimate of drug-likeness (QED) is 0.653. The standard InChI is InChI=1S/C22H25F3N6O/c1-13-5-7-15(8-6-13)18-9-19(22(23,24)25)31-20(27-18)17(10-26-31)21(32)29(3)11-16-12-30(4)28-14(16)2/h5-8,10,12,18-19,27H,9,11H2,1-4H3. The predicted molar refractivity (Wildman–Crippen MR) is 113 cm³/mol. The van der Waals surface area contributed by atoms with Crippen molar-refractivity contribution in [2.75, 3.05) is 12.4 Å². The number of carbonyl (C=O) groups is 1. The number of fused-ring (bicyclic) bond motifs is 1. The third-order valence-corrected chi connectivity index (χ3v) is 5.82. The second-order valence-corrected chi connectivity index (χ2v) is 8.33. The zero-order valence-electron chi connectivity index (χ0n) is 18.3. The molecule has 1 aliphatic rings. The van der Waals surface area contributed by atoms with Crippen LogP contribution in [0.25, 0.3) is 0 Å². The molecule has 170 valence electrons. The van der Waals surface area contributed by atoms with E-state index in [2.05, 4.69) is 15.5 Å². The normalized spacial score (nSPS) is 18.2. The van der Waals surface area contributed by atoms with Gasteiger partial charge in [0.1, 0.15) is 11.4 Å². The van der Waals surface area contributed by atoms with E-state index in [1.807, 2.05) is 44.3 Å². The van der Waals surface area contributed by atoms with E-state index in [4.69, 9.17) is 0 Å². The molecule has 0 saturated heterocycles. The fraction of sp³-hybridized carbons (Fsp3) is 0.409. The predicted octanol–water partition coefficient (Wildman–Crippen LogP) is 4.17.